The predicted octanol–water partition coefficient (Wildman–Crippen LogP) is 7.11. The highest BCUT2D eigenvalue weighted by Gasteiger charge is 2.30. The summed E-state index contributed by atoms with van der Waals surface area (Å²) < 4.78 is 50.3. The minimum atomic E-state index is -4.56. The Kier molecular flexibility index (Phi) is 6.78. The molecule has 0 fully saturated rings. The molecule has 0 spiro atoms. The second-order valence-corrected chi connectivity index (χ2v) is 8.45. The Morgan fingerprint density at radius 3 is 2.46 bits per heavy atom. The average Bonchev–Trinajstić information content (AvgIpc) is 2.80. The molecule has 0 saturated heterocycles. The van der Waals surface area contributed by atoms with Crippen molar-refractivity contribution in [2.75, 3.05) is 11.9 Å². The SMILES string of the molecule is Cc1cc2oc(-c3ccc(Cl)cc3)c(OCC(=O)Nc3cccc(C(F)(F)F)c3)c(=O)c2cc1Cl. The maximum absolute atomic E-state index is 13.3. The van der Waals surface area contributed by atoms with Crippen molar-refractivity contribution in [1.82, 2.24) is 0 Å². The van der Waals surface area contributed by atoms with E-state index in [2.05, 4.69) is 5.32 Å². The van der Waals surface area contributed by atoms with Gasteiger partial charge in [-0.1, -0.05) is 29.3 Å². The molecule has 10 heteroatoms. The number of aryl methyl sites for hydroxylation is 1. The third-order valence-electron chi connectivity index (χ3n) is 5.06. The number of hydrogen-bond acceptors (Lipinski definition) is 4. The molecule has 35 heavy (non-hydrogen) atoms. The van der Waals surface area contributed by atoms with Crippen LogP contribution in [0, 0.1) is 6.92 Å². The fourth-order valence-corrected chi connectivity index (χ4v) is 3.62. The number of alkyl halides is 3. The van der Waals surface area contributed by atoms with Gasteiger partial charge in [0.2, 0.25) is 11.2 Å². The van der Waals surface area contributed by atoms with Crippen LogP contribution in [-0.4, -0.2) is 12.5 Å². The second kappa shape index (κ2) is 9.64. The highest BCUT2D eigenvalue weighted by Crippen LogP contribution is 2.34. The van der Waals surface area contributed by atoms with Crippen LogP contribution < -0.4 is 15.5 Å². The molecule has 1 heterocycles. The zero-order valence-corrected chi connectivity index (χ0v) is 19.5. The average molecular weight is 522 g/mol. The van der Waals surface area contributed by atoms with E-state index in [9.17, 15) is 22.8 Å². The van der Waals surface area contributed by atoms with Crippen LogP contribution in [0.1, 0.15) is 11.1 Å². The first-order valence-corrected chi connectivity index (χ1v) is 10.9. The molecular weight excluding hydrogens is 506 g/mol. The van der Waals surface area contributed by atoms with Crippen LogP contribution in [0.25, 0.3) is 22.3 Å². The molecule has 0 aliphatic carbocycles. The minimum Gasteiger partial charge on any atom is -0.476 e. The number of anilines is 1. The molecule has 3 aromatic carbocycles. The maximum Gasteiger partial charge on any atom is 0.416 e. The third-order valence-corrected chi connectivity index (χ3v) is 5.72. The van der Waals surface area contributed by atoms with E-state index in [0.717, 1.165) is 12.1 Å². The minimum absolute atomic E-state index is 0.0627. The topological polar surface area (TPSA) is 68.5 Å². The second-order valence-electron chi connectivity index (χ2n) is 7.61. The van der Waals surface area contributed by atoms with Gasteiger partial charge in [0.25, 0.3) is 5.91 Å². The van der Waals surface area contributed by atoms with Crippen molar-refractivity contribution < 1.29 is 27.1 Å². The lowest BCUT2D eigenvalue weighted by molar-refractivity contribution is -0.137. The van der Waals surface area contributed by atoms with Gasteiger partial charge in [0.05, 0.1) is 10.9 Å². The van der Waals surface area contributed by atoms with E-state index in [1.807, 2.05) is 0 Å². The van der Waals surface area contributed by atoms with Gasteiger partial charge in [0.1, 0.15) is 5.58 Å². The highest BCUT2D eigenvalue weighted by atomic mass is 35.5. The lowest BCUT2D eigenvalue weighted by atomic mass is 10.1. The number of ether oxygens (including phenoxy) is 1. The van der Waals surface area contributed by atoms with Gasteiger partial charge >= 0.3 is 6.18 Å². The van der Waals surface area contributed by atoms with Gasteiger partial charge < -0.3 is 14.5 Å². The smallest absolute Gasteiger partial charge is 0.416 e. The van der Waals surface area contributed by atoms with E-state index in [1.165, 1.54) is 18.2 Å². The van der Waals surface area contributed by atoms with Crippen molar-refractivity contribution in [2.24, 2.45) is 0 Å². The Bertz CT molecular complexity index is 1480. The molecule has 4 rings (SSSR count). The van der Waals surface area contributed by atoms with Crippen LogP contribution in [0.3, 0.4) is 0 Å². The lowest BCUT2D eigenvalue weighted by Crippen LogP contribution is -2.23. The van der Waals surface area contributed by atoms with Crippen molar-refractivity contribution >= 4 is 45.8 Å². The lowest BCUT2D eigenvalue weighted by Gasteiger charge is -2.13. The van der Waals surface area contributed by atoms with Crippen molar-refractivity contribution in [3.8, 4) is 17.1 Å². The first-order valence-electron chi connectivity index (χ1n) is 10.2. The summed E-state index contributed by atoms with van der Waals surface area (Å²) in [4.78, 5) is 25.7. The molecular formula is C25H16Cl2F3NO4. The van der Waals surface area contributed by atoms with E-state index in [1.54, 1.807) is 37.3 Å². The normalized spacial score (nSPS) is 11.5. The summed E-state index contributed by atoms with van der Waals surface area (Å²) in [6, 6.07) is 13.6. The van der Waals surface area contributed by atoms with Crippen LogP contribution >= 0.6 is 23.2 Å². The van der Waals surface area contributed by atoms with Crippen molar-refractivity contribution in [3.63, 3.8) is 0 Å². The largest absolute Gasteiger partial charge is 0.476 e. The van der Waals surface area contributed by atoms with Gasteiger partial charge in [0, 0.05) is 21.3 Å². The Morgan fingerprint density at radius 1 is 1.06 bits per heavy atom. The number of hydrogen-bond donors (Lipinski definition) is 1. The number of rotatable bonds is 5. The predicted molar refractivity (Wildman–Crippen MR) is 128 cm³/mol. The molecule has 1 aromatic heterocycles. The van der Waals surface area contributed by atoms with Crippen LogP contribution in [0.5, 0.6) is 5.75 Å². The number of carbonyl (C=O) groups is 1. The summed E-state index contributed by atoms with van der Waals surface area (Å²) in [6.45, 7) is 1.10. The Hall–Kier alpha value is -3.49. The molecule has 4 aromatic rings. The first kappa shape index (κ1) is 24.6. The molecule has 5 nitrogen and oxygen atoms in total. The fraction of sp³-hybridized carbons (Fsp3) is 0.120. The summed E-state index contributed by atoms with van der Waals surface area (Å²) in [5.41, 5.74) is -0.122. The number of nitrogens with one attached hydrogen (secondary N) is 1. The monoisotopic (exact) mass is 521 g/mol. The number of carbonyl (C=O) groups excluding carboxylic acids is 1. The van der Waals surface area contributed by atoms with Gasteiger partial charge in [-0.25, -0.2) is 0 Å². The number of halogens is 5. The molecule has 1 amide bonds. The van der Waals surface area contributed by atoms with Crippen LogP contribution in [0.4, 0.5) is 18.9 Å². The maximum atomic E-state index is 13.3. The molecule has 0 saturated carbocycles. The summed E-state index contributed by atoms with van der Waals surface area (Å²) in [7, 11) is 0. The van der Waals surface area contributed by atoms with Crippen LogP contribution in [-0.2, 0) is 11.0 Å². The van der Waals surface area contributed by atoms with Crippen LogP contribution in [0.2, 0.25) is 10.0 Å². The summed E-state index contributed by atoms with van der Waals surface area (Å²) in [6.07, 6.45) is -4.56. The van der Waals surface area contributed by atoms with Gasteiger partial charge in [-0.05, 0) is 67.1 Å². The van der Waals surface area contributed by atoms with Gasteiger partial charge in [-0.15, -0.1) is 0 Å². The highest BCUT2D eigenvalue weighted by molar-refractivity contribution is 6.32. The molecule has 0 aliphatic rings. The Balaban J connectivity index is 1.67. The molecule has 0 bridgehead atoms. The van der Waals surface area contributed by atoms with Crippen molar-refractivity contribution in [2.45, 2.75) is 13.1 Å². The van der Waals surface area contributed by atoms with E-state index in [-0.39, 0.29) is 28.2 Å². The van der Waals surface area contributed by atoms with E-state index >= 15 is 0 Å². The number of amides is 1. The Morgan fingerprint density at radius 2 is 1.77 bits per heavy atom. The number of fused-ring (bicyclic) bond motifs is 1. The molecule has 0 unspecified atom stereocenters. The first-order chi connectivity index (χ1) is 16.5. The van der Waals surface area contributed by atoms with Gasteiger partial charge in [0.15, 0.2) is 12.4 Å². The van der Waals surface area contributed by atoms with Gasteiger partial charge in [-0.2, -0.15) is 13.2 Å². The Labute approximate surface area is 207 Å². The quantitative estimate of drug-likeness (QED) is 0.303. The number of benzene rings is 3. The third kappa shape index (κ3) is 5.44. The fourth-order valence-electron chi connectivity index (χ4n) is 3.33. The van der Waals surface area contributed by atoms with Crippen molar-refractivity contribution in [1.29, 1.82) is 0 Å². The van der Waals surface area contributed by atoms with Crippen molar-refractivity contribution in [3.05, 3.63) is 92.1 Å². The molecule has 0 aliphatic heterocycles. The molecule has 1 N–H and O–H groups in total. The summed E-state index contributed by atoms with van der Waals surface area (Å²) in [5.74, 6) is -0.959. The summed E-state index contributed by atoms with van der Waals surface area (Å²) >= 11 is 12.1. The van der Waals surface area contributed by atoms with Crippen LogP contribution in [0.15, 0.2) is 69.9 Å². The molecule has 0 atom stereocenters. The van der Waals surface area contributed by atoms with E-state index in [0.29, 0.717) is 21.2 Å². The standard InChI is InChI=1S/C25H16Cl2F3NO4/c1-13-9-20-18(11-19(13)27)22(33)24(23(35-20)14-5-7-16(26)8-6-14)34-12-21(32)31-17-4-2-3-15(10-17)25(28,29)30/h2-11H,12H2,1H3,(H,31,32). The zero-order valence-electron chi connectivity index (χ0n) is 18.0. The molecule has 0 radical (unpaired) electrons. The van der Waals surface area contributed by atoms with E-state index < -0.39 is 29.7 Å². The summed E-state index contributed by atoms with van der Waals surface area (Å²) in [5, 5.41) is 3.28. The van der Waals surface area contributed by atoms with Gasteiger partial charge in [-0.3, -0.25) is 9.59 Å². The molecule has 180 valence electrons. The van der Waals surface area contributed by atoms with E-state index in [4.69, 9.17) is 32.4 Å². The zero-order chi connectivity index (χ0) is 25.3.